The smallest absolute Gasteiger partial charge is 0.285 e. The van der Waals surface area contributed by atoms with Crippen molar-refractivity contribution in [3.05, 3.63) is 27.8 Å². The molecule has 0 aromatic heterocycles. The van der Waals surface area contributed by atoms with Gasteiger partial charge >= 0.3 is 0 Å². The van der Waals surface area contributed by atoms with Gasteiger partial charge in [0.1, 0.15) is 11.3 Å². The molecule has 2 N–H and O–H groups in total. The number of nitro groups is 1. The van der Waals surface area contributed by atoms with E-state index >= 15 is 0 Å². The van der Waals surface area contributed by atoms with Crippen molar-refractivity contribution in [1.82, 2.24) is 10.6 Å². The second-order valence-corrected chi connectivity index (χ2v) is 5.83. The predicted octanol–water partition coefficient (Wildman–Crippen LogP) is 1.81. The van der Waals surface area contributed by atoms with E-state index in [4.69, 9.17) is 4.74 Å². The summed E-state index contributed by atoms with van der Waals surface area (Å²) < 4.78 is 5.14. The number of amides is 1. The van der Waals surface area contributed by atoms with Gasteiger partial charge in [-0.25, -0.2) is 0 Å². The van der Waals surface area contributed by atoms with Crippen LogP contribution in [0.5, 0.6) is 5.75 Å². The molecule has 0 saturated carbocycles. The third-order valence-electron chi connectivity index (χ3n) is 3.61. The molecule has 1 unspecified atom stereocenters. The van der Waals surface area contributed by atoms with E-state index in [-0.39, 0.29) is 17.3 Å². The van der Waals surface area contributed by atoms with Crippen molar-refractivity contribution in [3.8, 4) is 5.75 Å². The monoisotopic (exact) mass is 325 g/mol. The van der Waals surface area contributed by atoms with Gasteiger partial charge in [0.15, 0.2) is 0 Å². The largest absolute Gasteiger partial charge is 0.495 e. The molecule has 1 saturated heterocycles. The molecule has 2 rings (SSSR count). The first-order chi connectivity index (χ1) is 10.6. The Bertz CT molecular complexity index is 573. The summed E-state index contributed by atoms with van der Waals surface area (Å²) in [6, 6.07) is 3.05. The highest BCUT2D eigenvalue weighted by molar-refractivity contribution is 7.98. The van der Waals surface area contributed by atoms with Crippen molar-refractivity contribution >= 4 is 23.4 Å². The van der Waals surface area contributed by atoms with E-state index in [9.17, 15) is 14.9 Å². The van der Waals surface area contributed by atoms with E-state index in [2.05, 4.69) is 10.6 Å². The van der Waals surface area contributed by atoms with Crippen molar-refractivity contribution < 1.29 is 14.5 Å². The molecule has 0 aliphatic carbocycles. The zero-order valence-electron chi connectivity index (χ0n) is 12.5. The van der Waals surface area contributed by atoms with Crippen LogP contribution < -0.4 is 15.4 Å². The Kier molecular flexibility index (Phi) is 5.62. The molecule has 1 amide bonds. The van der Waals surface area contributed by atoms with Crippen LogP contribution >= 0.6 is 11.8 Å². The molecule has 1 aromatic rings. The van der Waals surface area contributed by atoms with Crippen LogP contribution in [0.3, 0.4) is 0 Å². The number of nitro benzene ring substituents is 1. The summed E-state index contributed by atoms with van der Waals surface area (Å²) in [7, 11) is 1.45. The Morgan fingerprint density at radius 1 is 1.59 bits per heavy atom. The molecule has 0 spiro atoms. The van der Waals surface area contributed by atoms with E-state index < -0.39 is 10.8 Å². The minimum absolute atomic E-state index is 0.0631. The Morgan fingerprint density at radius 2 is 2.36 bits per heavy atom. The minimum Gasteiger partial charge on any atom is -0.495 e. The summed E-state index contributed by atoms with van der Waals surface area (Å²) in [5, 5.41) is 17.2. The van der Waals surface area contributed by atoms with Crippen LogP contribution in [0.15, 0.2) is 17.0 Å². The lowest BCUT2D eigenvalue weighted by Crippen LogP contribution is -2.37. The number of carbonyl (C=O) groups is 1. The molecule has 8 heteroatoms. The molecule has 1 aliphatic heterocycles. The normalized spacial score (nSPS) is 17.3. The highest BCUT2D eigenvalue weighted by Crippen LogP contribution is 2.34. The van der Waals surface area contributed by atoms with Gasteiger partial charge in [-0.3, -0.25) is 14.9 Å². The van der Waals surface area contributed by atoms with Crippen molar-refractivity contribution in [2.45, 2.75) is 23.8 Å². The highest BCUT2D eigenvalue weighted by Gasteiger charge is 2.24. The van der Waals surface area contributed by atoms with Gasteiger partial charge < -0.3 is 15.4 Å². The van der Waals surface area contributed by atoms with Crippen LogP contribution in [0.4, 0.5) is 5.69 Å². The average Bonchev–Trinajstić information content (AvgIpc) is 3.04. The first-order valence-electron chi connectivity index (χ1n) is 6.98. The third-order valence-corrected chi connectivity index (χ3v) is 4.37. The number of carbonyl (C=O) groups excluding carboxylic acids is 1. The lowest BCUT2D eigenvalue weighted by molar-refractivity contribution is -0.385. The quantitative estimate of drug-likeness (QED) is 0.471. The van der Waals surface area contributed by atoms with E-state index in [0.29, 0.717) is 17.2 Å². The van der Waals surface area contributed by atoms with Crippen molar-refractivity contribution in [2.24, 2.45) is 0 Å². The van der Waals surface area contributed by atoms with E-state index in [0.717, 1.165) is 19.4 Å². The number of ether oxygens (including phenoxy) is 1. The van der Waals surface area contributed by atoms with Crippen molar-refractivity contribution in [1.29, 1.82) is 0 Å². The number of methoxy groups -OCH3 is 1. The molecular formula is C14H19N3O4S. The maximum Gasteiger partial charge on any atom is 0.285 e. The second kappa shape index (κ2) is 7.46. The number of rotatable bonds is 6. The molecular weight excluding hydrogens is 306 g/mol. The van der Waals surface area contributed by atoms with Crippen LogP contribution in [0.2, 0.25) is 0 Å². The maximum atomic E-state index is 12.3. The number of nitrogens with zero attached hydrogens (tertiary/aromatic N) is 1. The lowest BCUT2D eigenvalue weighted by Gasteiger charge is -2.13. The van der Waals surface area contributed by atoms with Crippen LogP contribution in [0, 0.1) is 10.1 Å². The predicted molar refractivity (Wildman–Crippen MR) is 84.8 cm³/mol. The van der Waals surface area contributed by atoms with Crippen molar-refractivity contribution in [2.75, 3.05) is 26.5 Å². The molecule has 1 atom stereocenters. The summed E-state index contributed by atoms with van der Waals surface area (Å²) in [4.78, 5) is 23.6. The van der Waals surface area contributed by atoms with E-state index in [1.54, 1.807) is 0 Å². The summed E-state index contributed by atoms with van der Waals surface area (Å²) in [6.45, 7) is 1.41. The van der Waals surface area contributed by atoms with Crippen LogP contribution in [-0.2, 0) is 0 Å². The van der Waals surface area contributed by atoms with Crippen LogP contribution in [0.1, 0.15) is 23.2 Å². The Hall–Kier alpha value is -1.80. The fraction of sp³-hybridized carbons (Fsp3) is 0.500. The number of benzene rings is 1. The summed E-state index contributed by atoms with van der Waals surface area (Å²) in [6.07, 6.45) is 3.91. The van der Waals surface area contributed by atoms with Gasteiger partial charge in [-0.05, 0) is 31.7 Å². The van der Waals surface area contributed by atoms with Gasteiger partial charge in [-0.2, -0.15) is 0 Å². The fourth-order valence-corrected chi connectivity index (χ4v) is 3.02. The topological polar surface area (TPSA) is 93.5 Å². The maximum absolute atomic E-state index is 12.3. The summed E-state index contributed by atoms with van der Waals surface area (Å²) in [5.74, 6) is -0.0356. The zero-order valence-corrected chi connectivity index (χ0v) is 13.4. The molecule has 0 bridgehead atoms. The SMILES string of the molecule is COc1cc([N+](=O)[O-])c(C(=O)NCC2CCCN2)cc1SC. The standard InChI is InChI=1S/C14H19N3O4S/c1-21-12-7-11(17(19)20)10(6-13(12)22-2)14(18)16-8-9-4-3-5-15-9/h6-7,9,15H,3-5,8H2,1-2H3,(H,16,18). The third kappa shape index (κ3) is 3.69. The summed E-state index contributed by atoms with van der Waals surface area (Å²) in [5.41, 5.74) is -0.181. The molecule has 0 radical (unpaired) electrons. The molecule has 1 heterocycles. The second-order valence-electron chi connectivity index (χ2n) is 4.98. The average molecular weight is 325 g/mol. The molecule has 1 fully saturated rings. The number of nitrogens with one attached hydrogen (secondary N) is 2. The van der Waals surface area contributed by atoms with Crippen LogP contribution in [0.25, 0.3) is 0 Å². The van der Waals surface area contributed by atoms with Gasteiger partial charge in [0.2, 0.25) is 0 Å². The molecule has 22 heavy (non-hydrogen) atoms. The summed E-state index contributed by atoms with van der Waals surface area (Å²) >= 11 is 1.38. The number of thioether (sulfide) groups is 1. The Labute approximate surface area is 132 Å². The van der Waals surface area contributed by atoms with Gasteiger partial charge in [-0.1, -0.05) is 0 Å². The van der Waals surface area contributed by atoms with Gasteiger partial charge in [0, 0.05) is 12.6 Å². The number of hydrogen-bond acceptors (Lipinski definition) is 6. The first kappa shape index (κ1) is 16.6. The van der Waals surface area contributed by atoms with E-state index in [1.807, 2.05) is 6.26 Å². The lowest BCUT2D eigenvalue weighted by atomic mass is 10.1. The number of hydrogen-bond donors (Lipinski definition) is 2. The zero-order chi connectivity index (χ0) is 16.1. The highest BCUT2D eigenvalue weighted by atomic mass is 32.2. The van der Waals surface area contributed by atoms with Gasteiger partial charge in [0.25, 0.3) is 11.6 Å². The Morgan fingerprint density at radius 3 is 2.91 bits per heavy atom. The fourth-order valence-electron chi connectivity index (χ4n) is 2.44. The van der Waals surface area contributed by atoms with E-state index in [1.165, 1.54) is 31.0 Å². The first-order valence-corrected chi connectivity index (χ1v) is 8.21. The van der Waals surface area contributed by atoms with Gasteiger partial charge in [0.05, 0.1) is 23.0 Å². The van der Waals surface area contributed by atoms with Gasteiger partial charge in [-0.15, -0.1) is 11.8 Å². The van der Waals surface area contributed by atoms with Crippen LogP contribution in [-0.4, -0.2) is 43.3 Å². The minimum atomic E-state index is -0.560. The molecule has 1 aromatic carbocycles. The molecule has 120 valence electrons. The Balaban J connectivity index is 2.22. The van der Waals surface area contributed by atoms with Crippen molar-refractivity contribution in [3.63, 3.8) is 0 Å². The molecule has 1 aliphatic rings. The molecule has 7 nitrogen and oxygen atoms in total.